The second-order valence-electron chi connectivity index (χ2n) is 11.6. The van der Waals surface area contributed by atoms with Gasteiger partial charge in [0.05, 0.1) is 11.0 Å². The van der Waals surface area contributed by atoms with E-state index in [1.807, 2.05) is 67.5 Å². The van der Waals surface area contributed by atoms with Gasteiger partial charge in [-0.1, -0.05) is 41.4 Å². The van der Waals surface area contributed by atoms with Crippen LogP contribution in [-0.4, -0.2) is 41.9 Å². The predicted molar refractivity (Wildman–Crippen MR) is 186 cm³/mol. The maximum Gasteiger partial charge on any atom is 0.323 e. The van der Waals surface area contributed by atoms with Crippen LogP contribution in [0.5, 0.6) is 0 Å². The molecule has 47 heavy (non-hydrogen) atoms. The Kier molecular flexibility index (Phi) is 10.6. The monoisotopic (exact) mass is 675 g/mol. The summed E-state index contributed by atoms with van der Waals surface area (Å²) in [5.41, 5.74) is 13.8. The zero-order valence-electron chi connectivity index (χ0n) is 25.9. The summed E-state index contributed by atoms with van der Waals surface area (Å²) in [6, 6.07) is 22.3. The summed E-state index contributed by atoms with van der Waals surface area (Å²) in [5, 5.41) is 20.2. The molecule has 0 saturated carbocycles. The van der Waals surface area contributed by atoms with Crippen molar-refractivity contribution in [3.05, 3.63) is 127 Å². The smallest absolute Gasteiger partial charge is 0.323 e. The van der Waals surface area contributed by atoms with Crippen LogP contribution in [-0.2, 0) is 37.4 Å². The largest absolute Gasteiger partial charge is 0.378 e. The lowest BCUT2D eigenvalue weighted by atomic mass is 10.1. The zero-order valence-corrected chi connectivity index (χ0v) is 27.4. The Morgan fingerprint density at radius 1 is 0.894 bits per heavy atom. The molecule has 0 unspecified atom stereocenters. The summed E-state index contributed by atoms with van der Waals surface area (Å²) < 4.78 is 0. The maximum atomic E-state index is 13.0. The molecule has 3 amide bonds. The molecule has 4 aromatic rings. The third-order valence-electron chi connectivity index (χ3n) is 7.94. The lowest BCUT2D eigenvalue weighted by Gasteiger charge is -2.20. The summed E-state index contributed by atoms with van der Waals surface area (Å²) >= 11 is 12.2. The van der Waals surface area contributed by atoms with Crippen molar-refractivity contribution in [3.8, 4) is 0 Å². The van der Waals surface area contributed by atoms with Crippen LogP contribution in [0, 0.1) is 10.1 Å². The molecule has 0 bridgehead atoms. The number of rotatable bonds is 7. The fraction of sp³-hybridized carbons (Fsp3) is 0.235. The SMILES string of the molecule is CN(C)c1ccc(NC(=O)Nc2ccc3c(c2)CN(C(=O)[C@H](N)Cc2ccc(Cl)cc2Cl)C3)cc1.O=[N+]([O-])c1ccc2c(c1)CNC2. The highest BCUT2D eigenvalue weighted by molar-refractivity contribution is 6.35. The lowest BCUT2D eigenvalue weighted by molar-refractivity contribution is -0.384. The minimum atomic E-state index is -0.717. The van der Waals surface area contributed by atoms with Crippen molar-refractivity contribution in [1.29, 1.82) is 0 Å². The number of anilines is 3. The van der Waals surface area contributed by atoms with Gasteiger partial charge in [0, 0.05) is 79.5 Å². The summed E-state index contributed by atoms with van der Waals surface area (Å²) in [5.74, 6) is -0.152. The van der Waals surface area contributed by atoms with Crippen molar-refractivity contribution < 1.29 is 14.5 Å². The van der Waals surface area contributed by atoms with Crippen LogP contribution in [0.1, 0.15) is 27.8 Å². The van der Waals surface area contributed by atoms with Crippen molar-refractivity contribution in [3.63, 3.8) is 0 Å². The number of non-ortho nitro benzene ring substituents is 1. The molecule has 11 nitrogen and oxygen atoms in total. The Bertz CT molecular complexity index is 1800. The van der Waals surface area contributed by atoms with Gasteiger partial charge in [0.15, 0.2) is 0 Å². The van der Waals surface area contributed by atoms with Crippen molar-refractivity contribution >= 4 is 57.9 Å². The number of hydrogen-bond donors (Lipinski definition) is 4. The van der Waals surface area contributed by atoms with Gasteiger partial charge in [-0.05, 0) is 82.8 Å². The van der Waals surface area contributed by atoms with Gasteiger partial charge in [-0.15, -0.1) is 0 Å². The molecule has 0 spiro atoms. The predicted octanol–water partition coefficient (Wildman–Crippen LogP) is 6.31. The van der Waals surface area contributed by atoms with Gasteiger partial charge in [-0.2, -0.15) is 0 Å². The van der Waals surface area contributed by atoms with Crippen LogP contribution in [0.25, 0.3) is 0 Å². The van der Waals surface area contributed by atoms with Crippen LogP contribution >= 0.6 is 23.2 Å². The molecule has 2 aliphatic heterocycles. The normalized spacial score (nSPS) is 13.5. The van der Waals surface area contributed by atoms with E-state index in [9.17, 15) is 19.7 Å². The number of halogens is 2. The lowest BCUT2D eigenvalue weighted by Crippen LogP contribution is -2.42. The number of nitrogens with zero attached hydrogens (tertiary/aromatic N) is 3. The molecule has 4 aromatic carbocycles. The molecule has 2 aliphatic rings. The number of urea groups is 1. The minimum Gasteiger partial charge on any atom is -0.378 e. The standard InChI is InChI=1S/C26H27Cl2N5O2.C8H8N2O2/c1-32(2)22-9-7-20(8-10-22)30-26(35)31-21-6-4-17-14-33(15-18(17)11-21)25(34)24(29)12-16-3-5-19(27)13-23(16)28;11-10(12)8-2-1-6-4-9-5-7(6)3-8/h3-11,13,24H,12,14-15,29H2,1-2H3,(H2,30,31,35);1-3,9H,4-5H2/t24-;/m1./s1. The number of nitro groups is 1. The Hall–Kier alpha value is -4.68. The van der Waals surface area contributed by atoms with E-state index >= 15 is 0 Å². The van der Waals surface area contributed by atoms with Gasteiger partial charge in [0.1, 0.15) is 0 Å². The molecule has 244 valence electrons. The summed E-state index contributed by atoms with van der Waals surface area (Å²) in [6.07, 6.45) is 0.324. The zero-order chi connectivity index (χ0) is 33.7. The van der Waals surface area contributed by atoms with Crippen molar-refractivity contribution in [2.45, 2.75) is 38.6 Å². The van der Waals surface area contributed by atoms with Crippen molar-refractivity contribution in [2.24, 2.45) is 5.73 Å². The molecular weight excluding hydrogens is 641 g/mol. The maximum absolute atomic E-state index is 13.0. The molecule has 0 radical (unpaired) electrons. The Morgan fingerprint density at radius 3 is 2.26 bits per heavy atom. The second kappa shape index (κ2) is 14.8. The highest BCUT2D eigenvalue weighted by atomic mass is 35.5. The first-order valence-corrected chi connectivity index (χ1v) is 15.6. The van der Waals surface area contributed by atoms with E-state index in [1.165, 1.54) is 5.56 Å². The van der Waals surface area contributed by atoms with E-state index in [-0.39, 0.29) is 22.5 Å². The number of nitrogens with two attached hydrogens (primary N) is 1. The van der Waals surface area contributed by atoms with Crippen LogP contribution in [0.4, 0.5) is 27.5 Å². The number of amides is 3. The van der Waals surface area contributed by atoms with E-state index in [2.05, 4.69) is 16.0 Å². The fourth-order valence-electron chi connectivity index (χ4n) is 5.41. The second-order valence-corrected chi connectivity index (χ2v) is 12.4. The molecule has 5 N–H and O–H groups in total. The quantitative estimate of drug-likeness (QED) is 0.133. The Morgan fingerprint density at radius 2 is 1.55 bits per heavy atom. The number of carbonyl (C=O) groups is 2. The summed E-state index contributed by atoms with van der Waals surface area (Å²) in [7, 11) is 3.92. The van der Waals surface area contributed by atoms with Gasteiger partial charge >= 0.3 is 6.03 Å². The van der Waals surface area contributed by atoms with E-state index in [0.29, 0.717) is 40.9 Å². The molecule has 0 saturated heterocycles. The molecule has 13 heteroatoms. The van der Waals surface area contributed by atoms with E-state index in [1.54, 1.807) is 35.2 Å². The highest BCUT2D eigenvalue weighted by Crippen LogP contribution is 2.28. The third kappa shape index (κ3) is 8.57. The molecule has 0 aromatic heterocycles. The molecule has 0 fully saturated rings. The summed E-state index contributed by atoms with van der Waals surface area (Å²) in [4.78, 5) is 39.2. The number of carbonyl (C=O) groups excluding carboxylic acids is 2. The molecule has 1 atom stereocenters. The van der Waals surface area contributed by atoms with Gasteiger partial charge in [-0.3, -0.25) is 14.9 Å². The van der Waals surface area contributed by atoms with Gasteiger partial charge in [0.25, 0.3) is 5.69 Å². The summed E-state index contributed by atoms with van der Waals surface area (Å²) in [6.45, 7) is 2.48. The first kappa shape index (κ1) is 33.7. The van der Waals surface area contributed by atoms with Crippen LogP contribution in [0.15, 0.2) is 78.9 Å². The van der Waals surface area contributed by atoms with Crippen LogP contribution in [0.3, 0.4) is 0 Å². The van der Waals surface area contributed by atoms with E-state index in [4.69, 9.17) is 28.9 Å². The number of nitrogens with one attached hydrogen (secondary N) is 3. The van der Waals surface area contributed by atoms with Gasteiger partial charge < -0.3 is 31.5 Å². The average molecular weight is 677 g/mol. The third-order valence-corrected chi connectivity index (χ3v) is 8.53. The number of hydrogen-bond acceptors (Lipinski definition) is 7. The minimum absolute atomic E-state index is 0.152. The molecular formula is C34H35Cl2N7O4. The van der Waals surface area contributed by atoms with Crippen LogP contribution < -0.4 is 26.6 Å². The van der Waals surface area contributed by atoms with Crippen molar-refractivity contribution in [1.82, 2.24) is 10.2 Å². The topological polar surface area (TPSA) is 146 Å². The first-order chi connectivity index (χ1) is 22.5. The molecule has 0 aliphatic carbocycles. The van der Waals surface area contributed by atoms with E-state index in [0.717, 1.165) is 41.0 Å². The van der Waals surface area contributed by atoms with Gasteiger partial charge in [0.2, 0.25) is 5.91 Å². The Labute approximate surface area is 282 Å². The van der Waals surface area contributed by atoms with Gasteiger partial charge in [-0.25, -0.2) is 4.79 Å². The number of nitro benzene ring substituents is 1. The average Bonchev–Trinajstić information content (AvgIpc) is 3.69. The van der Waals surface area contributed by atoms with Crippen LogP contribution in [0.2, 0.25) is 10.0 Å². The fourth-order valence-corrected chi connectivity index (χ4v) is 5.89. The Balaban J connectivity index is 0.000000301. The van der Waals surface area contributed by atoms with E-state index < -0.39 is 6.04 Å². The molecule has 2 heterocycles. The number of benzene rings is 4. The molecule has 6 rings (SSSR count). The van der Waals surface area contributed by atoms with Crippen molar-refractivity contribution in [2.75, 3.05) is 29.6 Å². The highest BCUT2D eigenvalue weighted by Gasteiger charge is 2.28. The first-order valence-electron chi connectivity index (χ1n) is 14.9. The number of fused-ring (bicyclic) bond motifs is 2.